The summed E-state index contributed by atoms with van der Waals surface area (Å²) < 4.78 is 0. The number of rotatable bonds is 4. The molecule has 2 aliphatic carbocycles. The Morgan fingerprint density at radius 3 is 2.53 bits per heavy atom. The van der Waals surface area contributed by atoms with E-state index in [0.29, 0.717) is 0 Å². The van der Waals surface area contributed by atoms with Gasteiger partial charge in [-0.25, -0.2) is 0 Å². The summed E-state index contributed by atoms with van der Waals surface area (Å²) in [5.41, 5.74) is 1.42. The monoisotopic (exact) mass is 228 g/mol. The summed E-state index contributed by atoms with van der Waals surface area (Å²) in [5.74, 6) is 2.39. The molecule has 2 fully saturated rings. The molecule has 0 bridgehead atoms. The second-order valence-electron chi connectivity index (χ2n) is 5.48. The third kappa shape index (κ3) is 2.44. The van der Waals surface area contributed by atoms with E-state index in [4.69, 9.17) is 0 Å². The van der Waals surface area contributed by atoms with Gasteiger partial charge in [-0.05, 0) is 49.0 Å². The van der Waals surface area contributed by atoms with Crippen LogP contribution in [0.5, 0.6) is 0 Å². The van der Waals surface area contributed by atoms with E-state index >= 15 is 0 Å². The Kier molecular flexibility index (Phi) is 3.02. The minimum absolute atomic E-state index is 0.000955. The van der Waals surface area contributed by atoms with Crippen LogP contribution in [0.3, 0.4) is 0 Å². The van der Waals surface area contributed by atoms with E-state index in [1.807, 2.05) is 0 Å². The zero-order valence-corrected chi connectivity index (χ0v) is 10.1. The van der Waals surface area contributed by atoms with Crippen LogP contribution in [0.4, 0.5) is 0 Å². The highest BCUT2D eigenvalue weighted by Gasteiger charge is 2.53. The van der Waals surface area contributed by atoms with Gasteiger partial charge in [0, 0.05) is 0 Å². The molecule has 1 N–H and O–H groups in total. The molecule has 2 atom stereocenters. The molecule has 2 unspecified atom stereocenters. The van der Waals surface area contributed by atoms with E-state index in [0.717, 1.165) is 43.4 Å². The second-order valence-corrected chi connectivity index (χ2v) is 5.48. The summed E-state index contributed by atoms with van der Waals surface area (Å²) in [6.07, 6.45) is 9.09. The molecule has 0 amide bonds. The van der Waals surface area contributed by atoms with Gasteiger partial charge in [0.1, 0.15) is 0 Å². The lowest BCUT2D eigenvalue weighted by molar-refractivity contribution is 0.164. The van der Waals surface area contributed by atoms with Gasteiger partial charge in [0.25, 0.3) is 0 Å². The van der Waals surface area contributed by atoms with E-state index in [9.17, 15) is 5.11 Å². The third-order valence-corrected chi connectivity index (χ3v) is 4.29. The second kappa shape index (κ2) is 4.66. The number of fused-ring (bicyclic) bond motifs is 1. The van der Waals surface area contributed by atoms with E-state index in [1.54, 1.807) is 0 Å². The number of aliphatic hydroxyl groups is 1. The lowest BCUT2D eigenvalue weighted by Gasteiger charge is -2.03. The summed E-state index contributed by atoms with van der Waals surface area (Å²) in [6.45, 7) is 0. The van der Waals surface area contributed by atoms with Crippen molar-refractivity contribution < 1.29 is 5.11 Å². The SMILES string of the molecule is OC1CC2C(/C=C/CCc3ccccc3)C2C1. The Labute approximate surface area is 103 Å². The van der Waals surface area contributed by atoms with Gasteiger partial charge in [-0.15, -0.1) is 0 Å². The van der Waals surface area contributed by atoms with Crippen LogP contribution in [0.15, 0.2) is 42.5 Å². The zero-order valence-electron chi connectivity index (χ0n) is 10.1. The van der Waals surface area contributed by atoms with Gasteiger partial charge in [0.05, 0.1) is 6.10 Å². The molecular formula is C16H20O. The van der Waals surface area contributed by atoms with E-state index in [2.05, 4.69) is 42.5 Å². The Morgan fingerprint density at radius 1 is 1.12 bits per heavy atom. The first-order valence-corrected chi connectivity index (χ1v) is 6.73. The maximum absolute atomic E-state index is 9.44. The Morgan fingerprint density at radius 2 is 1.82 bits per heavy atom. The van der Waals surface area contributed by atoms with Crippen molar-refractivity contribution in [3.8, 4) is 0 Å². The van der Waals surface area contributed by atoms with Crippen molar-refractivity contribution in [1.29, 1.82) is 0 Å². The maximum atomic E-state index is 9.44. The molecule has 0 spiro atoms. The molecule has 2 saturated carbocycles. The highest BCUT2D eigenvalue weighted by atomic mass is 16.3. The molecular weight excluding hydrogens is 208 g/mol. The van der Waals surface area contributed by atoms with E-state index < -0.39 is 0 Å². The fraction of sp³-hybridized carbons (Fsp3) is 0.500. The molecule has 3 rings (SSSR count). The molecule has 17 heavy (non-hydrogen) atoms. The molecule has 0 saturated heterocycles. The standard InChI is InChI=1S/C16H20O/c17-13-10-15-14(16(15)11-13)9-5-4-8-12-6-2-1-3-7-12/h1-3,5-7,9,13-17H,4,8,10-11H2/b9-5+. The van der Waals surface area contributed by atoms with Gasteiger partial charge in [-0.2, -0.15) is 0 Å². The van der Waals surface area contributed by atoms with Gasteiger partial charge in [-0.3, -0.25) is 0 Å². The first kappa shape index (κ1) is 11.0. The Balaban J connectivity index is 1.41. The van der Waals surface area contributed by atoms with Crippen LogP contribution < -0.4 is 0 Å². The molecule has 1 aromatic carbocycles. The van der Waals surface area contributed by atoms with Gasteiger partial charge in [-0.1, -0.05) is 42.5 Å². The summed E-state index contributed by atoms with van der Waals surface area (Å²) in [5, 5.41) is 9.44. The van der Waals surface area contributed by atoms with Crippen LogP contribution >= 0.6 is 0 Å². The molecule has 90 valence electrons. The summed E-state index contributed by atoms with van der Waals surface area (Å²) in [7, 11) is 0. The lowest BCUT2D eigenvalue weighted by Crippen LogP contribution is -2.03. The number of benzene rings is 1. The van der Waals surface area contributed by atoms with Crippen molar-refractivity contribution in [1.82, 2.24) is 0 Å². The Bertz CT molecular complexity index is 383. The zero-order chi connectivity index (χ0) is 11.7. The fourth-order valence-corrected chi connectivity index (χ4v) is 3.30. The smallest absolute Gasteiger partial charge is 0.0546 e. The first-order valence-electron chi connectivity index (χ1n) is 6.73. The summed E-state index contributed by atoms with van der Waals surface area (Å²) in [6, 6.07) is 10.7. The average molecular weight is 228 g/mol. The van der Waals surface area contributed by atoms with Crippen molar-refractivity contribution in [2.24, 2.45) is 17.8 Å². The van der Waals surface area contributed by atoms with Crippen molar-refractivity contribution in [2.75, 3.05) is 0 Å². The van der Waals surface area contributed by atoms with Gasteiger partial charge in [0.2, 0.25) is 0 Å². The topological polar surface area (TPSA) is 20.2 Å². The van der Waals surface area contributed by atoms with Crippen LogP contribution in [0, 0.1) is 17.8 Å². The van der Waals surface area contributed by atoms with Crippen LogP contribution in [-0.2, 0) is 6.42 Å². The normalized spacial score (nSPS) is 35.1. The largest absolute Gasteiger partial charge is 0.393 e. The molecule has 2 aliphatic rings. The highest BCUT2D eigenvalue weighted by molar-refractivity contribution is 5.16. The minimum Gasteiger partial charge on any atom is -0.393 e. The van der Waals surface area contributed by atoms with Crippen molar-refractivity contribution in [3.05, 3.63) is 48.0 Å². The van der Waals surface area contributed by atoms with Crippen molar-refractivity contribution in [2.45, 2.75) is 31.8 Å². The Hall–Kier alpha value is -1.08. The molecule has 1 heteroatoms. The average Bonchev–Trinajstić information content (AvgIpc) is 2.81. The summed E-state index contributed by atoms with van der Waals surface area (Å²) >= 11 is 0. The maximum Gasteiger partial charge on any atom is 0.0546 e. The van der Waals surface area contributed by atoms with Crippen LogP contribution in [0.1, 0.15) is 24.8 Å². The lowest BCUT2D eigenvalue weighted by atomic mass is 10.1. The van der Waals surface area contributed by atoms with Crippen LogP contribution in [0.25, 0.3) is 0 Å². The first-order chi connectivity index (χ1) is 8.34. The molecule has 0 aliphatic heterocycles. The molecule has 1 nitrogen and oxygen atoms in total. The number of allylic oxidation sites excluding steroid dienone is 2. The van der Waals surface area contributed by atoms with E-state index in [1.165, 1.54) is 5.56 Å². The number of aryl methyl sites for hydroxylation is 1. The fourth-order valence-electron chi connectivity index (χ4n) is 3.30. The third-order valence-electron chi connectivity index (χ3n) is 4.29. The number of aliphatic hydroxyl groups excluding tert-OH is 1. The summed E-state index contributed by atoms with van der Waals surface area (Å²) in [4.78, 5) is 0. The predicted molar refractivity (Wildman–Crippen MR) is 69.6 cm³/mol. The molecule has 0 heterocycles. The quantitative estimate of drug-likeness (QED) is 0.785. The molecule has 0 aromatic heterocycles. The van der Waals surface area contributed by atoms with Crippen molar-refractivity contribution >= 4 is 0 Å². The minimum atomic E-state index is -0.000955. The molecule has 0 radical (unpaired) electrons. The van der Waals surface area contributed by atoms with Crippen LogP contribution in [-0.4, -0.2) is 11.2 Å². The van der Waals surface area contributed by atoms with E-state index in [-0.39, 0.29) is 6.10 Å². The number of hydrogen-bond acceptors (Lipinski definition) is 1. The van der Waals surface area contributed by atoms with Gasteiger partial charge < -0.3 is 5.11 Å². The predicted octanol–water partition coefficient (Wildman–Crippen LogP) is 3.19. The number of hydrogen-bond donors (Lipinski definition) is 1. The van der Waals surface area contributed by atoms with Crippen LogP contribution in [0.2, 0.25) is 0 Å². The highest BCUT2D eigenvalue weighted by Crippen LogP contribution is 2.58. The molecule has 1 aromatic rings. The van der Waals surface area contributed by atoms with Gasteiger partial charge in [0.15, 0.2) is 0 Å². The van der Waals surface area contributed by atoms with Crippen molar-refractivity contribution in [3.63, 3.8) is 0 Å². The van der Waals surface area contributed by atoms with Gasteiger partial charge >= 0.3 is 0 Å².